The Morgan fingerprint density at radius 2 is 1.97 bits per heavy atom. The van der Waals surface area contributed by atoms with Crippen molar-refractivity contribution in [3.8, 4) is 0 Å². The van der Waals surface area contributed by atoms with Gasteiger partial charge in [-0.3, -0.25) is 15.1 Å². The molecule has 2 fully saturated rings. The normalized spacial score (nSPS) is 28.2. The van der Waals surface area contributed by atoms with E-state index in [0.717, 1.165) is 57.3 Å². The van der Waals surface area contributed by atoms with Crippen LogP contribution >= 0.6 is 0 Å². The molecule has 2 amide bonds. The monoisotopic (exact) mass is 395 g/mol. The van der Waals surface area contributed by atoms with Gasteiger partial charge in [-0.2, -0.15) is 0 Å². The molecule has 7 nitrogen and oxygen atoms in total. The Kier molecular flexibility index (Phi) is 5.01. The first-order chi connectivity index (χ1) is 14.2. The molecule has 0 aliphatic carbocycles. The summed E-state index contributed by atoms with van der Waals surface area (Å²) in [6, 6.07) is 10.9. The Bertz CT molecular complexity index is 818. The first-order valence-corrected chi connectivity index (χ1v) is 10.7. The zero-order chi connectivity index (χ0) is 19.8. The molecular weight excluding hydrogens is 366 g/mol. The van der Waals surface area contributed by atoms with E-state index >= 15 is 0 Å². The van der Waals surface area contributed by atoms with E-state index < -0.39 is 0 Å². The van der Waals surface area contributed by atoms with Crippen molar-refractivity contribution in [3.05, 3.63) is 47.9 Å². The van der Waals surface area contributed by atoms with Crippen LogP contribution < -0.4 is 5.32 Å². The Hall–Kier alpha value is -2.38. The van der Waals surface area contributed by atoms with Crippen LogP contribution in [0.4, 0.5) is 4.79 Å². The molecule has 1 N–H and O–H groups in total. The van der Waals surface area contributed by atoms with Crippen LogP contribution in [0.5, 0.6) is 0 Å². The second-order valence-corrected chi connectivity index (χ2v) is 8.61. The molecule has 0 aromatic heterocycles. The third kappa shape index (κ3) is 3.76. The molecule has 29 heavy (non-hydrogen) atoms. The maximum Gasteiger partial charge on any atom is 0.329 e. The Morgan fingerprint density at radius 1 is 1.17 bits per heavy atom. The molecule has 5 rings (SSSR count). The predicted molar refractivity (Wildman–Crippen MR) is 111 cm³/mol. The quantitative estimate of drug-likeness (QED) is 0.851. The van der Waals surface area contributed by atoms with Crippen molar-refractivity contribution >= 4 is 11.9 Å². The van der Waals surface area contributed by atoms with Crippen molar-refractivity contribution in [2.75, 3.05) is 33.0 Å². The van der Waals surface area contributed by atoms with Crippen LogP contribution in [-0.4, -0.2) is 65.6 Å². The van der Waals surface area contributed by atoms with E-state index in [1.165, 1.54) is 5.56 Å². The molecule has 0 bridgehead atoms. The van der Waals surface area contributed by atoms with Crippen LogP contribution in [0.25, 0.3) is 0 Å². The first-order valence-electron chi connectivity index (χ1n) is 10.7. The number of fused-ring (bicyclic) bond motifs is 1. The predicted octanol–water partition coefficient (Wildman–Crippen LogP) is 2.43. The summed E-state index contributed by atoms with van der Waals surface area (Å²) < 4.78 is 5.48. The minimum Gasteiger partial charge on any atom is -0.381 e. The van der Waals surface area contributed by atoms with Gasteiger partial charge in [0, 0.05) is 51.0 Å². The van der Waals surface area contributed by atoms with Gasteiger partial charge in [0.1, 0.15) is 12.5 Å². The maximum atomic E-state index is 12.8. The minimum atomic E-state index is -0.0514. The molecule has 2 unspecified atom stereocenters. The zero-order valence-electron chi connectivity index (χ0n) is 17.0. The highest BCUT2D eigenvalue weighted by molar-refractivity contribution is 6.02. The van der Waals surface area contributed by atoms with Crippen molar-refractivity contribution in [2.24, 2.45) is 16.8 Å². The van der Waals surface area contributed by atoms with E-state index in [9.17, 15) is 4.79 Å². The number of rotatable bonds is 4. The van der Waals surface area contributed by atoms with E-state index in [1.807, 2.05) is 0 Å². The number of likely N-dealkylation sites (tertiary alicyclic amines) is 1. The van der Waals surface area contributed by atoms with Gasteiger partial charge in [0.15, 0.2) is 5.82 Å². The molecule has 2 atom stereocenters. The van der Waals surface area contributed by atoms with E-state index in [-0.39, 0.29) is 11.9 Å². The highest BCUT2D eigenvalue weighted by Gasteiger charge is 2.39. The number of urea groups is 1. The van der Waals surface area contributed by atoms with E-state index in [2.05, 4.69) is 58.6 Å². The van der Waals surface area contributed by atoms with Gasteiger partial charge in [-0.05, 0) is 24.3 Å². The van der Waals surface area contributed by atoms with Crippen molar-refractivity contribution in [2.45, 2.75) is 32.4 Å². The molecule has 154 valence electrons. The molecule has 0 spiro atoms. The topological polar surface area (TPSA) is 60.4 Å². The smallest absolute Gasteiger partial charge is 0.329 e. The number of nitrogens with zero attached hydrogens (tertiary/aromatic N) is 4. The summed E-state index contributed by atoms with van der Waals surface area (Å²) in [5.41, 5.74) is 1.33. The second kappa shape index (κ2) is 7.80. The van der Waals surface area contributed by atoms with Gasteiger partial charge in [0.25, 0.3) is 0 Å². The number of hydrogen-bond acceptors (Lipinski definition) is 5. The molecule has 7 heteroatoms. The number of nitrogens with one attached hydrogen (secondary N) is 1. The molecule has 4 aliphatic rings. The summed E-state index contributed by atoms with van der Waals surface area (Å²) in [4.78, 5) is 24.1. The maximum absolute atomic E-state index is 12.8. The van der Waals surface area contributed by atoms with Gasteiger partial charge in [-0.1, -0.05) is 37.3 Å². The fourth-order valence-corrected chi connectivity index (χ4v) is 4.89. The molecule has 4 aliphatic heterocycles. The molecular formula is C22H29N5O2. The van der Waals surface area contributed by atoms with Gasteiger partial charge in [-0.25, -0.2) is 9.79 Å². The molecule has 4 heterocycles. The zero-order valence-corrected chi connectivity index (χ0v) is 17.0. The first kappa shape index (κ1) is 18.6. The Balaban J connectivity index is 1.30. The van der Waals surface area contributed by atoms with Gasteiger partial charge in [-0.15, -0.1) is 0 Å². The van der Waals surface area contributed by atoms with Gasteiger partial charge in [0.2, 0.25) is 0 Å². The van der Waals surface area contributed by atoms with Crippen LogP contribution in [0.2, 0.25) is 0 Å². The van der Waals surface area contributed by atoms with Crippen molar-refractivity contribution in [1.29, 1.82) is 0 Å². The number of carbonyl (C=O) groups is 1. The largest absolute Gasteiger partial charge is 0.381 e. The number of benzene rings is 1. The Morgan fingerprint density at radius 3 is 2.76 bits per heavy atom. The highest BCUT2D eigenvalue weighted by atomic mass is 16.5. The number of amidine groups is 1. The van der Waals surface area contributed by atoms with Gasteiger partial charge in [0.05, 0.1) is 0 Å². The number of ether oxygens (including phenoxy) is 1. The SMILES string of the molecule is CC1CN(Cc2ccccc2)CC1C1=NC2=CN(C3CCOCC3)CN2C(=O)N1. The van der Waals surface area contributed by atoms with Crippen LogP contribution in [0, 0.1) is 11.8 Å². The summed E-state index contributed by atoms with van der Waals surface area (Å²) in [5.74, 6) is 2.32. The average molecular weight is 396 g/mol. The van der Waals surface area contributed by atoms with Crippen LogP contribution in [-0.2, 0) is 11.3 Å². The number of carbonyl (C=O) groups excluding carboxylic acids is 1. The fraction of sp³-hybridized carbons (Fsp3) is 0.545. The highest BCUT2D eigenvalue weighted by Crippen LogP contribution is 2.30. The molecule has 1 aromatic carbocycles. The standard InChI is InChI=1S/C22H29N5O2/c1-16-11-25(12-17-5-3-2-4-6-17)13-19(16)21-23-20-14-26(15-27(20)22(28)24-21)18-7-9-29-10-8-18/h2-6,14,16,18-19H,7-13,15H2,1H3,(H,23,24,28). The summed E-state index contributed by atoms with van der Waals surface area (Å²) in [7, 11) is 0. The van der Waals surface area contributed by atoms with Crippen LogP contribution in [0.3, 0.4) is 0 Å². The lowest BCUT2D eigenvalue weighted by Gasteiger charge is -2.32. The fourth-order valence-electron chi connectivity index (χ4n) is 4.89. The molecule has 1 aromatic rings. The summed E-state index contributed by atoms with van der Waals surface area (Å²) in [6.45, 7) is 7.31. The summed E-state index contributed by atoms with van der Waals surface area (Å²) in [6.07, 6.45) is 4.07. The van der Waals surface area contributed by atoms with Crippen molar-refractivity contribution in [3.63, 3.8) is 0 Å². The molecule has 2 saturated heterocycles. The Labute approximate surface area is 172 Å². The molecule has 0 saturated carbocycles. The lowest BCUT2D eigenvalue weighted by Crippen LogP contribution is -2.50. The number of hydrogen-bond donors (Lipinski definition) is 1. The van der Waals surface area contributed by atoms with Crippen molar-refractivity contribution < 1.29 is 9.53 Å². The summed E-state index contributed by atoms with van der Waals surface area (Å²) >= 11 is 0. The minimum absolute atomic E-state index is 0.0514. The summed E-state index contributed by atoms with van der Waals surface area (Å²) in [5, 5.41) is 3.09. The number of amides is 2. The number of aliphatic imine (C=N–C) groups is 1. The second-order valence-electron chi connectivity index (χ2n) is 8.61. The van der Waals surface area contributed by atoms with E-state index in [4.69, 9.17) is 9.73 Å². The lowest BCUT2D eigenvalue weighted by molar-refractivity contribution is 0.0459. The van der Waals surface area contributed by atoms with Gasteiger partial charge >= 0.3 is 6.03 Å². The van der Waals surface area contributed by atoms with Crippen molar-refractivity contribution in [1.82, 2.24) is 20.0 Å². The van der Waals surface area contributed by atoms with E-state index in [1.54, 1.807) is 4.90 Å². The third-order valence-electron chi connectivity index (χ3n) is 6.53. The third-order valence-corrected chi connectivity index (χ3v) is 6.53. The van der Waals surface area contributed by atoms with E-state index in [0.29, 0.717) is 18.6 Å². The molecule has 0 radical (unpaired) electrons. The van der Waals surface area contributed by atoms with Gasteiger partial charge < -0.3 is 9.64 Å². The lowest BCUT2D eigenvalue weighted by atomic mass is 9.96. The van der Waals surface area contributed by atoms with Crippen LogP contribution in [0.15, 0.2) is 47.3 Å². The van der Waals surface area contributed by atoms with Crippen LogP contribution in [0.1, 0.15) is 25.3 Å². The average Bonchev–Trinajstić information content (AvgIpc) is 3.33.